The summed E-state index contributed by atoms with van der Waals surface area (Å²) in [6.07, 6.45) is 1.39. The number of alkyl halides is 1. The van der Waals surface area contributed by atoms with Gasteiger partial charge < -0.3 is 9.53 Å². The maximum Gasteiger partial charge on any atom is 0.247 e. The molecule has 0 spiro atoms. The highest BCUT2D eigenvalue weighted by atomic mass is 79.9. The van der Waals surface area contributed by atoms with Gasteiger partial charge in [-0.15, -0.1) is 0 Å². The number of methoxy groups -OCH3 is 1. The number of benzene rings is 1. The van der Waals surface area contributed by atoms with Crippen LogP contribution in [0.15, 0.2) is 24.3 Å². The molecule has 1 amide bonds. The molecule has 1 aliphatic heterocycles. The fraction of sp³-hybridized carbons (Fsp3) is 0.385. The van der Waals surface area contributed by atoms with E-state index in [1.54, 1.807) is 31.4 Å². The van der Waals surface area contributed by atoms with Crippen molar-refractivity contribution in [2.45, 2.75) is 23.7 Å². The van der Waals surface area contributed by atoms with Crippen LogP contribution in [0.25, 0.3) is 0 Å². The van der Waals surface area contributed by atoms with Crippen LogP contribution in [0.4, 0.5) is 5.69 Å². The zero-order valence-electron chi connectivity index (χ0n) is 10.2. The summed E-state index contributed by atoms with van der Waals surface area (Å²) < 4.78 is 4.32. The first-order valence-corrected chi connectivity index (χ1v) is 6.49. The Morgan fingerprint density at radius 3 is 2.50 bits per heavy atom. The van der Waals surface area contributed by atoms with Gasteiger partial charge in [0.05, 0.1) is 7.11 Å². The van der Waals surface area contributed by atoms with Gasteiger partial charge in [-0.25, -0.2) is 0 Å². The molecule has 0 saturated carbocycles. The number of ether oxygens (including phenoxy) is 1. The van der Waals surface area contributed by atoms with E-state index < -0.39 is 10.4 Å². The summed E-state index contributed by atoms with van der Waals surface area (Å²) in [4.78, 5) is 24.8. The quantitative estimate of drug-likeness (QED) is 0.486. The first-order chi connectivity index (χ1) is 8.58. The van der Waals surface area contributed by atoms with Gasteiger partial charge in [-0.05, 0) is 30.7 Å². The molecule has 1 aromatic carbocycles. The van der Waals surface area contributed by atoms with Crippen LogP contribution in [0.2, 0.25) is 0 Å². The van der Waals surface area contributed by atoms with Gasteiger partial charge in [0.1, 0.15) is 22.4 Å². The van der Waals surface area contributed by atoms with Crippen LogP contribution in [0, 0.1) is 0 Å². The minimum absolute atomic E-state index is 0.0766. The molecule has 4 nitrogen and oxygen atoms in total. The minimum Gasteiger partial charge on any atom is -0.497 e. The second-order valence-corrected chi connectivity index (χ2v) is 5.59. The Morgan fingerprint density at radius 2 is 2.06 bits per heavy atom. The fourth-order valence-electron chi connectivity index (χ4n) is 2.14. The van der Waals surface area contributed by atoms with Crippen molar-refractivity contribution in [3.05, 3.63) is 24.3 Å². The summed E-state index contributed by atoms with van der Waals surface area (Å²) in [7, 11) is 1.58. The standard InChI is InChI=1S/C13H14BrNO3/c1-3-13(14)11(8-16)15(12(13)17)9-4-6-10(18-2)7-5-9/h4-8,11H,3H2,1-2H3/t11-,13+/m1/s1. The number of hydrogen-bond donors (Lipinski definition) is 0. The smallest absolute Gasteiger partial charge is 0.247 e. The molecule has 0 radical (unpaired) electrons. The number of carbonyl (C=O) groups excluding carboxylic acids is 2. The van der Waals surface area contributed by atoms with Crippen LogP contribution in [0.3, 0.4) is 0 Å². The van der Waals surface area contributed by atoms with E-state index in [9.17, 15) is 9.59 Å². The molecule has 0 aromatic heterocycles. The van der Waals surface area contributed by atoms with Crippen molar-refractivity contribution in [2.75, 3.05) is 12.0 Å². The molecule has 0 unspecified atom stereocenters. The molecule has 0 aliphatic carbocycles. The zero-order chi connectivity index (χ0) is 13.3. The van der Waals surface area contributed by atoms with Crippen LogP contribution in [-0.2, 0) is 9.59 Å². The molecule has 18 heavy (non-hydrogen) atoms. The molecule has 1 fully saturated rings. The summed E-state index contributed by atoms with van der Waals surface area (Å²) in [5.41, 5.74) is 0.710. The molecule has 1 heterocycles. The molecule has 1 aromatic rings. The van der Waals surface area contributed by atoms with E-state index in [1.165, 1.54) is 4.90 Å². The van der Waals surface area contributed by atoms with Gasteiger partial charge >= 0.3 is 0 Å². The zero-order valence-corrected chi connectivity index (χ0v) is 11.8. The van der Waals surface area contributed by atoms with E-state index in [1.807, 2.05) is 6.92 Å². The molecule has 0 N–H and O–H groups in total. The molecule has 0 bridgehead atoms. The number of β-lactam (4-membered cyclic amide) rings is 1. The molecule has 2 atom stereocenters. The minimum atomic E-state index is -0.741. The lowest BCUT2D eigenvalue weighted by atomic mass is 9.85. The predicted octanol–water partition coefficient (Wildman–Crippen LogP) is 2.15. The molecule has 2 rings (SSSR count). The van der Waals surface area contributed by atoms with Crippen molar-refractivity contribution in [1.29, 1.82) is 0 Å². The summed E-state index contributed by atoms with van der Waals surface area (Å²) in [5.74, 6) is 0.641. The van der Waals surface area contributed by atoms with Gasteiger partial charge in [0.2, 0.25) is 5.91 Å². The summed E-state index contributed by atoms with van der Waals surface area (Å²) in [6, 6.07) is 6.63. The topological polar surface area (TPSA) is 46.6 Å². The maximum absolute atomic E-state index is 12.1. The number of anilines is 1. The highest BCUT2D eigenvalue weighted by Crippen LogP contribution is 2.43. The van der Waals surface area contributed by atoms with Crippen LogP contribution < -0.4 is 9.64 Å². The second kappa shape index (κ2) is 4.72. The number of aldehydes is 1. The second-order valence-electron chi connectivity index (χ2n) is 4.17. The first kappa shape index (κ1) is 13.1. The fourth-order valence-corrected chi connectivity index (χ4v) is 2.65. The Labute approximate surface area is 114 Å². The molecule has 5 heteroatoms. The number of hydrogen-bond acceptors (Lipinski definition) is 3. The van der Waals surface area contributed by atoms with Crippen LogP contribution in [0.1, 0.15) is 13.3 Å². The van der Waals surface area contributed by atoms with E-state index in [0.717, 1.165) is 12.0 Å². The summed E-state index contributed by atoms with van der Waals surface area (Å²) in [5, 5.41) is 0. The Hall–Kier alpha value is -1.36. The Bertz CT molecular complexity index is 474. The van der Waals surface area contributed by atoms with E-state index in [2.05, 4.69) is 15.9 Å². The molecular formula is C13H14BrNO3. The summed E-state index contributed by atoms with van der Waals surface area (Å²) >= 11 is 3.38. The van der Waals surface area contributed by atoms with Crippen molar-refractivity contribution >= 4 is 33.8 Å². The van der Waals surface area contributed by atoms with Gasteiger partial charge in [-0.3, -0.25) is 9.69 Å². The molecule has 1 saturated heterocycles. The Morgan fingerprint density at radius 1 is 1.44 bits per heavy atom. The molecule has 96 valence electrons. The number of halogens is 1. The van der Waals surface area contributed by atoms with Crippen molar-refractivity contribution in [3.8, 4) is 5.75 Å². The van der Waals surface area contributed by atoms with Gasteiger partial charge in [-0.1, -0.05) is 22.9 Å². The third-order valence-electron chi connectivity index (χ3n) is 3.32. The number of nitrogens with zero attached hydrogens (tertiary/aromatic N) is 1. The van der Waals surface area contributed by atoms with E-state index in [4.69, 9.17) is 4.74 Å². The summed E-state index contributed by atoms with van der Waals surface area (Å²) in [6.45, 7) is 1.88. The predicted molar refractivity (Wildman–Crippen MR) is 72.3 cm³/mol. The van der Waals surface area contributed by atoms with Gasteiger partial charge in [0.15, 0.2) is 0 Å². The normalized spacial score (nSPS) is 26.7. The lowest BCUT2D eigenvalue weighted by molar-refractivity contribution is -0.131. The average Bonchev–Trinajstić information content (AvgIpc) is 2.43. The van der Waals surface area contributed by atoms with E-state index in [0.29, 0.717) is 12.1 Å². The van der Waals surface area contributed by atoms with Crippen LogP contribution >= 0.6 is 15.9 Å². The van der Waals surface area contributed by atoms with Gasteiger partial charge in [0, 0.05) is 5.69 Å². The Kier molecular flexibility index (Phi) is 3.43. The van der Waals surface area contributed by atoms with Crippen molar-refractivity contribution < 1.29 is 14.3 Å². The third-order valence-corrected chi connectivity index (χ3v) is 4.68. The average molecular weight is 312 g/mol. The number of amides is 1. The van der Waals surface area contributed by atoms with E-state index >= 15 is 0 Å². The first-order valence-electron chi connectivity index (χ1n) is 5.70. The van der Waals surface area contributed by atoms with Crippen LogP contribution in [0.5, 0.6) is 5.75 Å². The van der Waals surface area contributed by atoms with E-state index in [-0.39, 0.29) is 5.91 Å². The lowest BCUT2D eigenvalue weighted by Crippen LogP contribution is -2.71. The lowest BCUT2D eigenvalue weighted by Gasteiger charge is -2.50. The van der Waals surface area contributed by atoms with Crippen molar-refractivity contribution in [2.24, 2.45) is 0 Å². The molecule has 1 aliphatic rings. The molecular weight excluding hydrogens is 298 g/mol. The largest absolute Gasteiger partial charge is 0.497 e. The third kappa shape index (κ3) is 1.73. The van der Waals surface area contributed by atoms with Gasteiger partial charge in [-0.2, -0.15) is 0 Å². The van der Waals surface area contributed by atoms with Crippen molar-refractivity contribution in [1.82, 2.24) is 0 Å². The van der Waals surface area contributed by atoms with Crippen LogP contribution in [-0.4, -0.2) is 29.7 Å². The maximum atomic E-state index is 12.1. The van der Waals surface area contributed by atoms with Crippen molar-refractivity contribution in [3.63, 3.8) is 0 Å². The Balaban J connectivity index is 2.28. The highest BCUT2D eigenvalue weighted by molar-refractivity contribution is 9.10. The number of carbonyl (C=O) groups is 2. The van der Waals surface area contributed by atoms with Gasteiger partial charge in [0.25, 0.3) is 0 Å². The SMILES string of the molecule is CC[C@@]1(Br)C(=O)N(c2ccc(OC)cc2)[C@@H]1C=O. The monoisotopic (exact) mass is 311 g/mol. The number of rotatable bonds is 4. The highest BCUT2D eigenvalue weighted by Gasteiger charge is 2.58.